The van der Waals surface area contributed by atoms with Crippen molar-refractivity contribution >= 4 is 0 Å². The average Bonchev–Trinajstić information content (AvgIpc) is 1.94. The minimum atomic E-state index is -0.381. The fourth-order valence-electron chi connectivity index (χ4n) is 1.48. The van der Waals surface area contributed by atoms with Gasteiger partial charge in [0.1, 0.15) is 0 Å². The highest BCUT2D eigenvalue weighted by molar-refractivity contribution is 5.33. The van der Waals surface area contributed by atoms with Gasteiger partial charge in [-0.25, -0.2) is 0 Å². The molecular weight excluding hydrogens is 148 g/mol. The van der Waals surface area contributed by atoms with Gasteiger partial charge in [-0.1, -0.05) is 32.1 Å². The molecule has 1 aliphatic carbocycles. The van der Waals surface area contributed by atoms with Gasteiger partial charge in [-0.05, 0) is 18.4 Å². The van der Waals surface area contributed by atoms with Gasteiger partial charge in [0.25, 0.3) is 0 Å². The molecule has 0 radical (unpaired) electrons. The number of rotatable bonds is 1. The molecule has 2 atom stereocenters. The summed E-state index contributed by atoms with van der Waals surface area (Å²) in [6.07, 6.45) is 6.03. The molecule has 0 aromatic carbocycles. The Balaban J connectivity index is 2.91. The maximum atomic E-state index is 6.01. The second kappa shape index (κ2) is 3.04. The molecule has 2 unspecified atom stereocenters. The average molecular weight is 166 g/mol. The van der Waals surface area contributed by atoms with Crippen LogP contribution in [0.4, 0.5) is 0 Å². The van der Waals surface area contributed by atoms with Gasteiger partial charge in [0, 0.05) is 6.04 Å². The van der Waals surface area contributed by atoms with Gasteiger partial charge < -0.3 is 11.5 Å². The molecule has 1 rings (SSSR count). The molecule has 0 amide bonds. The smallest absolute Gasteiger partial charge is 0.0506 e. The summed E-state index contributed by atoms with van der Waals surface area (Å²) in [6, 6.07) is -0.0394. The summed E-state index contributed by atoms with van der Waals surface area (Å²) >= 11 is 0. The van der Waals surface area contributed by atoms with E-state index in [0.29, 0.717) is 5.92 Å². The number of hydrogen-bond acceptors (Lipinski definition) is 2. The number of hydrogen-bond donors (Lipinski definition) is 2. The summed E-state index contributed by atoms with van der Waals surface area (Å²) < 4.78 is 0. The SMILES string of the molecule is CC(C)C1=CC=CC(C)(N)C1N. The van der Waals surface area contributed by atoms with Crippen LogP contribution in [0.5, 0.6) is 0 Å². The van der Waals surface area contributed by atoms with Gasteiger partial charge in [0.05, 0.1) is 5.54 Å². The van der Waals surface area contributed by atoms with Crippen LogP contribution in [-0.4, -0.2) is 11.6 Å². The van der Waals surface area contributed by atoms with E-state index in [1.54, 1.807) is 0 Å². The lowest BCUT2D eigenvalue weighted by molar-refractivity contribution is 0.465. The van der Waals surface area contributed by atoms with E-state index in [1.165, 1.54) is 5.57 Å². The van der Waals surface area contributed by atoms with Crippen LogP contribution in [0.2, 0.25) is 0 Å². The molecule has 0 heterocycles. The Hall–Kier alpha value is -0.600. The zero-order chi connectivity index (χ0) is 9.35. The minimum Gasteiger partial charge on any atom is -0.322 e. The highest BCUT2D eigenvalue weighted by atomic mass is 14.8. The topological polar surface area (TPSA) is 52.0 Å². The van der Waals surface area contributed by atoms with Crippen molar-refractivity contribution in [3.05, 3.63) is 23.8 Å². The zero-order valence-corrected chi connectivity index (χ0v) is 8.04. The fourth-order valence-corrected chi connectivity index (χ4v) is 1.48. The predicted octanol–water partition coefficient (Wildman–Crippen LogP) is 1.18. The maximum absolute atomic E-state index is 6.01. The van der Waals surface area contributed by atoms with Crippen molar-refractivity contribution in [2.24, 2.45) is 17.4 Å². The second-order valence-corrected chi connectivity index (χ2v) is 4.02. The molecule has 0 fully saturated rings. The highest BCUT2D eigenvalue weighted by Gasteiger charge is 2.30. The number of nitrogens with two attached hydrogens (primary N) is 2. The van der Waals surface area contributed by atoms with E-state index in [-0.39, 0.29) is 11.6 Å². The van der Waals surface area contributed by atoms with Gasteiger partial charge >= 0.3 is 0 Å². The van der Waals surface area contributed by atoms with Crippen molar-refractivity contribution in [3.8, 4) is 0 Å². The van der Waals surface area contributed by atoms with Crippen molar-refractivity contribution < 1.29 is 0 Å². The van der Waals surface area contributed by atoms with Crippen LogP contribution in [0.1, 0.15) is 20.8 Å². The van der Waals surface area contributed by atoms with Crippen molar-refractivity contribution in [1.82, 2.24) is 0 Å². The summed E-state index contributed by atoms with van der Waals surface area (Å²) in [5.74, 6) is 0.479. The molecule has 0 aromatic rings. The van der Waals surface area contributed by atoms with Crippen molar-refractivity contribution in [2.75, 3.05) is 0 Å². The Morgan fingerprint density at radius 3 is 2.50 bits per heavy atom. The molecule has 12 heavy (non-hydrogen) atoms. The second-order valence-electron chi connectivity index (χ2n) is 4.02. The first-order valence-corrected chi connectivity index (χ1v) is 4.39. The molecule has 1 aliphatic rings. The molecular formula is C10H18N2. The zero-order valence-electron chi connectivity index (χ0n) is 8.04. The first-order chi connectivity index (χ1) is 5.45. The van der Waals surface area contributed by atoms with E-state index in [4.69, 9.17) is 11.5 Å². The van der Waals surface area contributed by atoms with Crippen molar-refractivity contribution in [2.45, 2.75) is 32.4 Å². The standard InChI is InChI=1S/C10H18N2/c1-7(2)8-5-4-6-10(3,12)9(8)11/h4-7,9H,11-12H2,1-3H3. The van der Waals surface area contributed by atoms with Crippen LogP contribution in [0.3, 0.4) is 0 Å². The van der Waals surface area contributed by atoms with Crippen LogP contribution in [0.15, 0.2) is 23.8 Å². The van der Waals surface area contributed by atoms with Gasteiger partial charge in [0.15, 0.2) is 0 Å². The summed E-state index contributed by atoms with van der Waals surface area (Å²) in [6.45, 7) is 6.24. The summed E-state index contributed by atoms with van der Waals surface area (Å²) in [5.41, 5.74) is 12.9. The van der Waals surface area contributed by atoms with Gasteiger partial charge in [-0.2, -0.15) is 0 Å². The Morgan fingerprint density at radius 1 is 1.50 bits per heavy atom. The molecule has 2 heteroatoms. The van der Waals surface area contributed by atoms with E-state index in [9.17, 15) is 0 Å². The molecule has 0 saturated heterocycles. The Labute approximate surface area is 74.3 Å². The quantitative estimate of drug-likeness (QED) is 0.614. The highest BCUT2D eigenvalue weighted by Crippen LogP contribution is 2.24. The monoisotopic (exact) mass is 166 g/mol. The fraction of sp³-hybridized carbons (Fsp3) is 0.600. The third-order valence-corrected chi connectivity index (χ3v) is 2.44. The number of allylic oxidation sites excluding steroid dienone is 2. The van der Waals surface area contributed by atoms with Crippen LogP contribution in [-0.2, 0) is 0 Å². The summed E-state index contributed by atoms with van der Waals surface area (Å²) in [5, 5.41) is 0. The molecule has 2 nitrogen and oxygen atoms in total. The Bertz CT molecular complexity index is 224. The van der Waals surface area contributed by atoms with Crippen LogP contribution in [0, 0.1) is 5.92 Å². The molecule has 0 aliphatic heterocycles. The van der Waals surface area contributed by atoms with Gasteiger partial charge in [0.2, 0.25) is 0 Å². The van der Waals surface area contributed by atoms with E-state index in [0.717, 1.165) is 0 Å². The molecule has 0 spiro atoms. The van der Waals surface area contributed by atoms with Crippen molar-refractivity contribution in [3.63, 3.8) is 0 Å². The Morgan fingerprint density at radius 2 is 2.08 bits per heavy atom. The van der Waals surface area contributed by atoms with Gasteiger partial charge in [-0.15, -0.1) is 0 Å². The lowest BCUT2D eigenvalue weighted by Crippen LogP contribution is -2.54. The normalized spacial score (nSPS) is 35.5. The molecule has 0 aromatic heterocycles. The van der Waals surface area contributed by atoms with E-state index in [1.807, 2.05) is 19.1 Å². The molecule has 4 N–H and O–H groups in total. The van der Waals surface area contributed by atoms with E-state index in [2.05, 4.69) is 19.9 Å². The van der Waals surface area contributed by atoms with Crippen molar-refractivity contribution in [1.29, 1.82) is 0 Å². The third kappa shape index (κ3) is 1.59. The Kier molecular flexibility index (Phi) is 2.40. The van der Waals surface area contributed by atoms with Crippen LogP contribution >= 0.6 is 0 Å². The molecule has 68 valence electrons. The third-order valence-electron chi connectivity index (χ3n) is 2.44. The van der Waals surface area contributed by atoms with E-state index < -0.39 is 0 Å². The van der Waals surface area contributed by atoms with Crippen LogP contribution < -0.4 is 11.5 Å². The largest absolute Gasteiger partial charge is 0.322 e. The lowest BCUT2D eigenvalue weighted by atomic mass is 9.80. The molecule has 0 bridgehead atoms. The predicted molar refractivity (Wildman–Crippen MR) is 52.6 cm³/mol. The lowest BCUT2D eigenvalue weighted by Gasteiger charge is -2.34. The van der Waals surface area contributed by atoms with Crippen LogP contribution in [0.25, 0.3) is 0 Å². The maximum Gasteiger partial charge on any atom is 0.0506 e. The molecule has 0 saturated carbocycles. The summed E-state index contributed by atoms with van der Waals surface area (Å²) in [7, 11) is 0. The summed E-state index contributed by atoms with van der Waals surface area (Å²) in [4.78, 5) is 0. The van der Waals surface area contributed by atoms with Gasteiger partial charge in [-0.3, -0.25) is 0 Å². The first-order valence-electron chi connectivity index (χ1n) is 4.39. The van der Waals surface area contributed by atoms with E-state index >= 15 is 0 Å². The minimum absolute atomic E-state index is 0.0394. The first kappa shape index (κ1) is 9.49.